The zero-order valence-corrected chi connectivity index (χ0v) is 60.2. The van der Waals surface area contributed by atoms with Crippen LogP contribution in [0.5, 0.6) is 0 Å². The minimum Gasteiger partial charge on any atom is -0.541 e. The van der Waals surface area contributed by atoms with Crippen LogP contribution in [0.15, 0.2) is 0 Å². The number of nitrogens with zero attached hydrogens (tertiary/aromatic N) is 1. The SMILES string of the molecule is CC(=O)OCCN.CCC(=O)OCC(CC)C[CH-]CC(C)CC.CCCCCCCCCC(=O)CC.CCCCCCCCCC(=O)CC(C)CC.CCCCCCCCOC.CCCCCCCCOC(=O)CN(C[C-]=O)CC=O.[U+2]. The summed E-state index contributed by atoms with van der Waals surface area (Å²) in [6, 6.07) is 0. The van der Waals surface area contributed by atoms with Crippen molar-refractivity contribution in [2.75, 3.05) is 59.7 Å². The Morgan fingerprint density at radius 3 is 1.37 bits per heavy atom. The second-order valence-electron chi connectivity index (χ2n) is 21.8. The van der Waals surface area contributed by atoms with Crippen molar-refractivity contribution in [1.29, 1.82) is 0 Å². The fraction of sp³-hybridized carbons (Fsp3) is 0.882. The molecule has 0 aromatic carbocycles. The van der Waals surface area contributed by atoms with Gasteiger partial charge in [-0.05, 0) is 37.5 Å². The molecule has 0 aliphatic heterocycles. The van der Waals surface area contributed by atoms with Crippen molar-refractivity contribution in [1.82, 2.24) is 4.90 Å². The molecule has 0 saturated carbocycles. The molecular weight excluding hydrogens is 1260 g/mol. The van der Waals surface area contributed by atoms with E-state index in [2.05, 4.69) is 73.5 Å². The van der Waals surface area contributed by atoms with Gasteiger partial charge >= 0.3 is 49.0 Å². The fourth-order valence-electron chi connectivity index (χ4n) is 7.73. The molecule has 0 rings (SSSR count). The zero-order chi connectivity index (χ0) is 62.3. The van der Waals surface area contributed by atoms with Crippen molar-refractivity contribution >= 4 is 42.0 Å². The Morgan fingerprint density at radius 1 is 0.537 bits per heavy atom. The summed E-state index contributed by atoms with van der Waals surface area (Å²) in [5.74, 6) is 2.00. The standard InChI is InChI=1S/C15H30O.C14H24NO4.C14H27O2.C12H24O.C9H20O.C4H9NO2.U/c1-4-6-7-8-9-10-11-12-15(16)13-14(3)5-2;1-2-3-4-5-6-7-12-19-14(18)13-15(8-10-16)9-11-17;1-5-12(4)9-8-10-13(6-2)11-16-14(15)7-3;1-3-5-6-7-8-9-10-11-12(13)4-2;1-3-4-5-6-7-8-9-10-2;1-4(6)7-3-2-5;/h14H,4-13H2,1-3H3;10H,2-9,12-13H2,1H3;8,12-13H,5-7,9-11H2,1-4H3;3-11H2,1-2H3;3-9H2,1-2H3;2-3,5H2,1H3;/q;2*-1;;;;+2. The number of unbranched alkanes of at least 4 members (excludes halogenated alkanes) is 22. The van der Waals surface area contributed by atoms with E-state index in [-0.39, 0.29) is 62.7 Å². The molecule has 0 radical (unpaired) electrons. The van der Waals surface area contributed by atoms with E-state index in [1.54, 1.807) is 13.4 Å². The number of carbonyl (C=O) groups excluding carboxylic acids is 7. The third kappa shape index (κ3) is 91.8. The molecule has 0 aliphatic carbocycles. The van der Waals surface area contributed by atoms with Gasteiger partial charge in [-0.2, -0.15) is 12.8 Å². The number of aldehydes is 1. The Hall–Kier alpha value is -1.98. The van der Waals surface area contributed by atoms with Gasteiger partial charge in [-0.3, -0.25) is 24.0 Å². The number of hydrogen-bond acceptors (Lipinski definition) is 13. The van der Waals surface area contributed by atoms with Crippen molar-refractivity contribution in [2.24, 2.45) is 23.5 Å². The summed E-state index contributed by atoms with van der Waals surface area (Å²) in [7, 11) is 1.77. The molecule has 0 fully saturated rings. The maximum absolute atomic E-state index is 11.5. The average molecular weight is 1390 g/mol. The molecule has 0 aromatic rings. The molecule has 13 nitrogen and oxygen atoms in total. The van der Waals surface area contributed by atoms with E-state index < -0.39 is 5.97 Å². The minimum absolute atomic E-state index is 0. The molecule has 0 aromatic heterocycles. The third-order valence-electron chi connectivity index (χ3n) is 13.8. The first-order valence-electron chi connectivity index (χ1n) is 33.1. The minimum atomic E-state index is -0.398. The number of Topliss-reactive ketones (excluding diaryl/α,β-unsaturated/α-hetero) is 2. The summed E-state index contributed by atoms with van der Waals surface area (Å²) in [5.41, 5.74) is 5.00. The topological polar surface area (TPSA) is 186 Å². The van der Waals surface area contributed by atoms with Gasteiger partial charge in [-0.15, -0.1) is 0 Å². The predicted octanol–water partition coefficient (Wildman–Crippen LogP) is 17.2. The number of nitrogens with two attached hydrogens (primary N) is 1. The Kier molecular flexibility index (Phi) is 95.1. The first-order valence-corrected chi connectivity index (χ1v) is 33.1. The fourth-order valence-corrected chi connectivity index (χ4v) is 7.73. The first kappa shape index (κ1) is 93.7. The Balaban J connectivity index is -0.000000168. The normalized spacial score (nSPS) is 11.3. The largest absolute Gasteiger partial charge is 2.00 e. The van der Waals surface area contributed by atoms with E-state index >= 15 is 0 Å². The number of esters is 3. The number of ketones is 2. The number of carbonyl (C=O) groups is 6. The number of methoxy groups -OCH3 is 1. The Bertz CT molecular complexity index is 1310. The van der Waals surface area contributed by atoms with Crippen LogP contribution >= 0.6 is 0 Å². The first-order chi connectivity index (χ1) is 39.1. The van der Waals surface area contributed by atoms with Gasteiger partial charge in [0, 0.05) is 59.3 Å². The van der Waals surface area contributed by atoms with E-state index in [4.69, 9.17) is 19.9 Å². The predicted molar refractivity (Wildman–Crippen MR) is 341 cm³/mol. The van der Waals surface area contributed by atoms with Crippen LogP contribution in [0, 0.1) is 55.3 Å². The van der Waals surface area contributed by atoms with Crippen LogP contribution in [0.3, 0.4) is 0 Å². The van der Waals surface area contributed by atoms with Crippen molar-refractivity contribution in [3.8, 4) is 0 Å². The van der Waals surface area contributed by atoms with Crippen molar-refractivity contribution in [2.45, 2.75) is 314 Å². The summed E-state index contributed by atoms with van der Waals surface area (Å²) in [6.07, 6.45) is 47.0. The van der Waals surface area contributed by atoms with Crippen LogP contribution in [0.4, 0.5) is 0 Å². The van der Waals surface area contributed by atoms with Crippen LogP contribution in [-0.4, -0.2) is 107 Å². The van der Waals surface area contributed by atoms with Crippen LogP contribution in [-0.2, 0) is 52.5 Å². The monoisotopic (exact) mass is 1390 g/mol. The number of hydrogen-bond donors (Lipinski definition) is 1. The number of ether oxygens (including phenoxy) is 4. The van der Waals surface area contributed by atoms with Gasteiger partial charge in [-0.25, -0.2) is 6.29 Å². The van der Waals surface area contributed by atoms with Gasteiger partial charge in [0.05, 0.1) is 26.3 Å². The Labute approximate surface area is 531 Å². The van der Waals surface area contributed by atoms with Crippen molar-refractivity contribution < 1.29 is 83.6 Å². The summed E-state index contributed by atoms with van der Waals surface area (Å²) in [6.45, 7) is 27.6. The second-order valence-corrected chi connectivity index (χ2v) is 21.8. The molecule has 0 heterocycles. The van der Waals surface area contributed by atoms with Crippen LogP contribution in [0.25, 0.3) is 0 Å². The molecule has 82 heavy (non-hydrogen) atoms. The van der Waals surface area contributed by atoms with Gasteiger partial charge in [0.2, 0.25) is 0 Å². The zero-order valence-electron chi connectivity index (χ0n) is 56.0. The van der Waals surface area contributed by atoms with Gasteiger partial charge in [-0.1, -0.05) is 249 Å². The second kappa shape index (κ2) is 83.2. The average Bonchev–Trinajstić information content (AvgIpc) is 3.46. The van der Waals surface area contributed by atoms with Crippen LogP contribution < -0.4 is 5.73 Å². The van der Waals surface area contributed by atoms with Gasteiger partial charge in [0.25, 0.3) is 0 Å². The van der Waals surface area contributed by atoms with E-state index in [0.717, 1.165) is 83.2 Å². The van der Waals surface area contributed by atoms with Crippen molar-refractivity contribution in [3.63, 3.8) is 0 Å². The molecule has 14 heteroatoms. The molecule has 3 unspecified atom stereocenters. The quantitative estimate of drug-likeness (QED) is 0.0200. The summed E-state index contributed by atoms with van der Waals surface area (Å²) in [5, 5.41) is 0. The molecule has 0 aliphatic rings. The van der Waals surface area contributed by atoms with Crippen molar-refractivity contribution in [3.05, 3.63) is 6.42 Å². The summed E-state index contributed by atoms with van der Waals surface area (Å²) >= 11 is 0. The van der Waals surface area contributed by atoms with Crippen LogP contribution in [0.1, 0.15) is 314 Å². The molecule has 3 atom stereocenters. The maximum atomic E-state index is 11.5. The molecule has 0 amide bonds. The number of rotatable bonds is 51. The van der Waals surface area contributed by atoms with E-state index in [9.17, 15) is 33.6 Å². The molecule has 0 saturated heterocycles. The van der Waals surface area contributed by atoms with Gasteiger partial charge in [0.1, 0.15) is 24.5 Å². The van der Waals surface area contributed by atoms with Crippen LogP contribution in [0.2, 0.25) is 0 Å². The molecular formula is C68H134N2O11U. The van der Waals surface area contributed by atoms with E-state index in [1.807, 2.05) is 13.8 Å². The molecule has 486 valence electrons. The molecule has 0 bridgehead atoms. The van der Waals surface area contributed by atoms with E-state index in [1.165, 1.54) is 166 Å². The molecule has 0 spiro atoms. The Morgan fingerprint density at radius 2 is 0.988 bits per heavy atom. The third-order valence-corrected chi connectivity index (χ3v) is 13.8. The smallest absolute Gasteiger partial charge is 0.541 e. The summed E-state index contributed by atoms with van der Waals surface area (Å²) in [4.78, 5) is 76.8. The summed E-state index contributed by atoms with van der Waals surface area (Å²) < 4.78 is 19.6. The molecule has 2 N–H and O–H groups in total. The van der Waals surface area contributed by atoms with Gasteiger partial charge < -0.3 is 45.6 Å². The maximum Gasteiger partial charge on any atom is 2.00 e. The van der Waals surface area contributed by atoms with Gasteiger partial charge in [0.15, 0.2) is 0 Å². The van der Waals surface area contributed by atoms with E-state index in [0.29, 0.717) is 62.5 Å².